The second-order valence-electron chi connectivity index (χ2n) is 3.91. The third-order valence-electron chi connectivity index (χ3n) is 2.40. The van der Waals surface area contributed by atoms with Gasteiger partial charge in [-0.25, -0.2) is 0 Å². The van der Waals surface area contributed by atoms with Crippen LogP contribution >= 0.6 is 22.9 Å². The molecule has 6 heteroatoms. The molecule has 0 aliphatic carbocycles. The number of hydrogen-bond donors (Lipinski definition) is 2. The molecule has 0 atom stereocenters. The zero-order valence-corrected chi connectivity index (χ0v) is 11.6. The van der Waals surface area contributed by atoms with E-state index < -0.39 is 5.91 Å². The Bertz CT molecular complexity index is 635. The van der Waals surface area contributed by atoms with Crippen LogP contribution in [0.2, 0.25) is 5.02 Å². The molecule has 1 heterocycles. The van der Waals surface area contributed by atoms with E-state index in [0.717, 1.165) is 10.4 Å². The first-order chi connectivity index (χ1) is 8.97. The first kappa shape index (κ1) is 13.6. The number of carbonyl (C=O) groups is 2. The molecule has 0 saturated heterocycles. The van der Waals surface area contributed by atoms with Crippen molar-refractivity contribution in [3.05, 3.63) is 40.2 Å². The van der Waals surface area contributed by atoms with Gasteiger partial charge in [-0.3, -0.25) is 9.59 Å². The molecule has 2 amide bonds. The van der Waals surface area contributed by atoms with Gasteiger partial charge >= 0.3 is 0 Å². The second-order valence-corrected chi connectivity index (χ2v) is 5.39. The van der Waals surface area contributed by atoms with Gasteiger partial charge in [-0.05, 0) is 23.8 Å². The minimum Gasteiger partial charge on any atom is -0.365 e. The lowest BCUT2D eigenvalue weighted by Crippen LogP contribution is -2.13. The van der Waals surface area contributed by atoms with Crippen LogP contribution in [0.5, 0.6) is 0 Å². The maximum absolute atomic E-state index is 11.4. The highest BCUT2D eigenvalue weighted by molar-refractivity contribution is 7.18. The summed E-state index contributed by atoms with van der Waals surface area (Å²) in [4.78, 5) is 23.6. The lowest BCUT2D eigenvalue weighted by atomic mass is 10.2. The van der Waals surface area contributed by atoms with Gasteiger partial charge in [-0.15, -0.1) is 11.3 Å². The van der Waals surface area contributed by atoms with Crippen molar-refractivity contribution in [2.24, 2.45) is 5.73 Å². The fraction of sp³-hybridized carbons (Fsp3) is 0.0769. The molecule has 2 rings (SSSR count). The van der Waals surface area contributed by atoms with Crippen LogP contribution in [0.3, 0.4) is 0 Å². The van der Waals surface area contributed by atoms with Gasteiger partial charge in [0.1, 0.15) is 4.88 Å². The number of anilines is 1. The number of benzene rings is 1. The fourth-order valence-electron chi connectivity index (χ4n) is 1.61. The van der Waals surface area contributed by atoms with Gasteiger partial charge in [0.15, 0.2) is 0 Å². The number of hydrogen-bond acceptors (Lipinski definition) is 3. The Morgan fingerprint density at radius 2 is 1.89 bits per heavy atom. The molecule has 98 valence electrons. The van der Waals surface area contributed by atoms with Gasteiger partial charge < -0.3 is 11.1 Å². The van der Waals surface area contributed by atoms with Crippen LogP contribution in [0.15, 0.2) is 30.3 Å². The Labute approximate surface area is 119 Å². The first-order valence-electron chi connectivity index (χ1n) is 5.44. The Kier molecular flexibility index (Phi) is 3.87. The minimum absolute atomic E-state index is 0.247. The Morgan fingerprint density at radius 3 is 2.42 bits per heavy atom. The van der Waals surface area contributed by atoms with E-state index in [1.54, 1.807) is 18.2 Å². The van der Waals surface area contributed by atoms with E-state index in [-0.39, 0.29) is 5.91 Å². The summed E-state index contributed by atoms with van der Waals surface area (Å²) in [6.07, 6.45) is 0. The molecule has 0 saturated carbocycles. The molecule has 1 aromatic heterocycles. The van der Waals surface area contributed by atoms with Gasteiger partial charge in [0, 0.05) is 16.8 Å². The number of rotatable bonds is 3. The van der Waals surface area contributed by atoms with E-state index in [4.69, 9.17) is 17.3 Å². The van der Waals surface area contributed by atoms with Crippen molar-refractivity contribution in [2.45, 2.75) is 6.92 Å². The average Bonchev–Trinajstić information content (AvgIpc) is 2.73. The molecule has 3 N–H and O–H groups in total. The molecular weight excluding hydrogens is 284 g/mol. The monoisotopic (exact) mass is 294 g/mol. The van der Waals surface area contributed by atoms with Crippen molar-refractivity contribution >= 4 is 40.4 Å². The predicted molar refractivity (Wildman–Crippen MR) is 77.6 cm³/mol. The van der Waals surface area contributed by atoms with E-state index in [1.807, 2.05) is 12.1 Å². The number of thiophene rings is 1. The highest BCUT2D eigenvalue weighted by Gasteiger charge is 2.15. The van der Waals surface area contributed by atoms with Gasteiger partial charge in [0.05, 0.1) is 5.69 Å². The summed E-state index contributed by atoms with van der Waals surface area (Å²) in [5, 5.41) is 3.24. The van der Waals surface area contributed by atoms with Crippen LogP contribution in [-0.4, -0.2) is 11.8 Å². The zero-order chi connectivity index (χ0) is 14.0. The van der Waals surface area contributed by atoms with E-state index in [1.165, 1.54) is 18.3 Å². The van der Waals surface area contributed by atoms with Crippen molar-refractivity contribution in [2.75, 3.05) is 5.32 Å². The fourth-order valence-corrected chi connectivity index (χ4v) is 2.71. The Morgan fingerprint density at radius 1 is 1.26 bits per heavy atom. The largest absolute Gasteiger partial charge is 0.365 e. The number of nitrogens with one attached hydrogen (secondary N) is 1. The normalized spacial score (nSPS) is 10.2. The molecule has 0 fully saturated rings. The van der Waals surface area contributed by atoms with E-state index in [0.29, 0.717) is 15.6 Å². The summed E-state index contributed by atoms with van der Waals surface area (Å²) in [5.74, 6) is -0.808. The topological polar surface area (TPSA) is 72.2 Å². The van der Waals surface area contributed by atoms with Crippen molar-refractivity contribution in [3.63, 3.8) is 0 Å². The summed E-state index contributed by atoms with van der Waals surface area (Å²) >= 11 is 7.06. The van der Waals surface area contributed by atoms with Crippen molar-refractivity contribution in [1.29, 1.82) is 0 Å². The molecule has 0 spiro atoms. The van der Waals surface area contributed by atoms with Crippen LogP contribution in [0.1, 0.15) is 16.6 Å². The highest BCUT2D eigenvalue weighted by Crippen LogP contribution is 2.35. The molecule has 0 bridgehead atoms. The highest BCUT2D eigenvalue weighted by atomic mass is 35.5. The Hall–Kier alpha value is -1.85. The van der Waals surface area contributed by atoms with Gasteiger partial charge in [0.25, 0.3) is 5.91 Å². The predicted octanol–water partition coefficient (Wildman–Crippen LogP) is 3.13. The molecule has 4 nitrogen and oxygen atoms in total. The first-order valence-corrected chi connectivity index (χ1v) is 6.64. The third kappa shape index (κ3) is 3.13. The third-order valence-corrected chi connectivity index (χ3v) is 3.85. The summed E-state index contributed by atoms with van der Waals surface area (Å²) in [6, 6.07) is 8.94. The lowest BCUT2D eigenvalue weighted by Gasteiger charge is -1.99. The summed E-state index contributed by atoms with van der Waals surface area (Å²) in [5.41, 5.74) is 6.66. The van der Waals surface area contributed by atoms with Crippen LogP contribution in [-0.2, 0) is 4.79 Å². The van der Waals surface area contributed by atoms with Crippen LogP contribution < -0.4 is 11.1 Å². The van der Waals surface area contributed by atoms with Crippen molar-refractivity contribution in [1.82, 2.24) is 0 Å². The van der Waals surface area contributed by atoms with Crippen LogP contribution in [0.4, 0.5) is 5.69 Å². The van der Waals surface area contributed by atoms with Crippen molar-refractivity contribution in [3.8, 4) is 10.4 Å². The van der Waals surface area contributed by atoms with Gasteiger partial charge in [-0.2, -0.15) is 0 Å². The number of carbonyl (C=O) groups excluding carboxylic acids is 2. The molecule has 2 aromatic rings. The summed E-state index contributed by atoms with van der Waals surface area (Å²) in [7, 11) is 0. The second kappa shape index (κ2) is 5.42. The lowest BCUT2D eigenvalue weighted by molar-refractivity contribution is -0.114. The van der Waals surface area contributed by atoms with E-state index >= 15 is 0 Å². The molecule has 0 radical (unpaired) electrons. The molecule has 19 heavy (non-hydrogen) atoms. The Balaban J connectivity index is 2.45. The molecular formula is C13H11ClN2O2S. The molecule has 0 unspecified atom stereocenters. The van der Waals surface area contributed by atoms with Crippen LogP contribution in [0.25, 0.3) is 10.4 Å². The smallest absolute Gasteiger partial charge is 0.260 e. The standard InChI is InChI=1S/C13H11ClN2O2S/c1-7(17)16-10-6-11(19-12(10)13(15)18)8-2-4-9(14)5-3-8/h2-6H,1H3,(H2,15,18)(H,16,17). The SMILES string of the molecule is CC(=O)Nc1cc(-c2ccc(Cl)cc2)sc1C(N)=O. The van der Waals surface area contributed by atoms with Gasteiger partial charge in [0.2, 0.25) is 5.91 Å². The molecule has 1 aromatic carbocycles. The van der Waals surface area contributed by atoms with E-state index in [9.17, 15) is 9.59 Å². The van der Waals surface area contributed by atoms with Crippen molar-refractivity contribution < 1.29 is 9.59 Å². The summed E-state index contributed by atoms with van der Waals surface area (Å²) < 4.78 is 0. The molecule has 0 aliphatic rings. The zero-order valence-electron chi connectivity index (χ0n) is 10.1. The average molecular weight is 295 g/mol. The van der Waals surface area contributed by atoms with Crippen LogP contribution in [0, 0.1) is 0 Å². The maximum Gasteiger partial charge on any atom is 0.260 e. The maximum atomic E-state index is 11.4. The van der Waals surface area contributed by atoms with Gasteiger partial charge in [-0.1, -0.05) is 23.7 Å². The minimum atomic E-state index is -0.561. The summed E-state index contributed by atoms with van der Waals surface area (Å²) in [6.45, 7) is 1.38. The number of halogens is 1. The number of amides is 2. The van der Waals surface area contributed by atoms with E-state index in [2.05, 4.69) is 5.32 Å². The quantitative estimate of drug-likeness (QED) is 0.913. The molecule has 0 aliphatic heterocycles. The number of nitrogens with two attached hydrogens (primary N) is 1. The number of primary amides is 1.